The van der Waals surface area contributed by atoms with Crippen LogP contribution < -0.4 is 0 Å². The number of hydrogen-bond donors (Lipinski definition) is 0. The van der Waals surface area contributed by atoms with E-state index in [-0.39, 0.29) is 0 Å². The average molecular weight is 391 g/mol. The number of nitrogens with zero attached hydrogens (tertiary/aromatic N) is 2. The highest BCUT2D eigenvalue weighted by atomic mass is 35.5. The van der Waals surface area contributed by atoms with Crippen molar-refractivity contribution in [2.75, 3.05) is 7.11 Å². The molecule has 4 rings (SSSR count). The lowest BCUT2D eigenvalue weighted by molar-refractivity contribution is 0.0599. The summed E-state index contributed by atoms with van der Waals surface area (Å²) in [5.41, 5.74) is 5.57. The molecule has 2 aromatic carbocycles. The average Bonchev–Trinajstić information content (AvgIpc) is 3.09. The van der Waals surface area contributed by atoms with Crippen molar-refractivity contribution in [1.82, 2.24) is 9.55 Å². The van der Waals surface area contributed by atoms with Gasteiger partial charge in [-0.2, -0.15) is 0 Å². The summed E-state index contributed by atoms with van der Waals surface area (Å²) in [6.07, 6.45) is 4.12. The van der Waals surface area contributed by atoms with E-state index in [0.717, 1.165) is 22.1 Å². The second-order valence-electron chi connectivity index (χ2n) is 6.69. The zero-order valence-electron chi connectivity index (χ0n) is 15.6. The molecule has 28 heavy (non-hydrogen) atoms. The molecule has 0 saturated carbocycles. The van der Waals surface area contributed by atoms with Crippen LogP contribution in [0.25, 0.3) is 22.0 Å². The summed E-state index contributed by atoms with van der Waals surface area (Å²) in [6.45, 7) is 0. The molecule has 0 N–H and O–H groups in total. The molecule has 140 valence electrons. The van der Waals surface area contributed by atoms with Crippen LogP contribution in [-0.2, 0) is 18.2 Å². The third-order valence-electron chi connectivity index (χ3n) is 4.83. The second-order valence-corrected chi connectivity index (χ2v) is 7.13. The molecule has 4 nitrogen and oxygen atoms in total. The van der Waals surface area contributed by atoms with Crippen molar-refractivity contribution < 1.29 is 9.53 Å². The third-order valence-corrected chi connectivity index (χ3v) is 5.03. The van der Waals surface area contributed by atoms with Gasteiger partial charge >= 0.3 is 5.97 Å². The highest BCUT2D eigenvalue weighted by Crippen LogP contribution is 2.31. The Kier molecular flexibility index (Phi) is 4.88. The molecule has 0 radical (unpaired) electrons. The zero-order chi connectivity index (χ0) is 19.7. The van der Waals surface area contributed by atoms with E-state index in [4.69, 9.17) is 16.3 Å². The predicted molar refractivity (Wildman–Crippen MR) is 112 cm³/mol. The summed E-state index contributed by atoms with van der Waals surface area (Å²) < 4.78 is 7.02. The molecule has 0 aliphatic carbocycles. The van der Waals surface area contributed by atoms with Crippen LogP contribution in [-0.4, -0.2) is 22.6 Å². The van der Waals surface area contributed by atoms with Crippen molar-refractivity contribution in [3.63, 3.8) is 0 Å². The number of hydrogen-bond acceptors (Lipinski definition) is 3. The Morgan fingerprint density at radius 2 is 1.93 bits per heavy atom. The monoisotopic (exact) mass is 390 g/mol. The summed E-state index contributed by atoms with van der Waals surface area (Å²) in [5.74, 6) is -0.436. The van der Waals surface area contributed by atoms with Gasteiger partial charge in [-0.3, -0.25) is 4.98 Å². The second kappa shape index (κ2) is 7.49. The van der Waals surface area contributed by atoms with E-state index in [1.807, 2.05) is 25.2 Å². The number of carbonyl (C=O) groups excluding carboxylic acids is 1. The van der Waals surface area contributed by atoms with Crippen molar-refractivity contribution in [2.45, 2.75) is 6.42 Å². The summed E-state index contributed by atoms with van der Waals surface area (Å²) in [5, 5.41) is 1.56. The molecule has 0 amide bonds. The number of ether oxygens (including phenoxy) is 1. The molecule has 2 heterocycles. The van der Waals surface area contributed by atoms with Crippen LogP contribution >= 0.6 is 11.6 Å². The Morgan fingerprint density at radius 1 is 1.14 bits per heavy atom. The topological polar surface area (TPSA) is 44.1 Å². The summed E-state index contributed by atoms with van der Waals surface area (Å²) >= 11 is 6.03. The summed E-state index contributed by atoms with van der Waals surface area (Å²) in [7, 11) is 3.40. The Labute approximate surface area is 168 Å². The van der Waals surface area contributed by atoms with E-state index in [1.165, 1.54) is 12.6 Å². The fraction of sp³-hybridized carbons (Fsp3) is 0.130. The van der Waals surface area contributed by atoms with Crippen LogP contribution in [0.1, 0.15) is 21.6 Å². The van der Waals surface area contributed by atoms with Gasteiger partial charge in [0.05, 0.1) is 28.9 Å². The number of aromatic nitrogens is 2. The Morgan fingerprint density at radius 3 is 2.68 bits per heavy atom. The molecule has 0 spiro atoms. The molecular weight excluding hydrogens is 372 g/mol. The molecule has 0 aliphatic rings. The quantitative estimate of drug-likeness (QED) is 0.446. The van der Waals surface area contributed by atoms with Gasteiger partial charge in [0, 0.05) is 36.8 Å². The SMILES string of the molecule is COC(=O)c1cc(Cl)cnc1Cc1cc(-c2ccccc2)c2c(ccn2C)c1. The fourth-order valence-corrected chi connectivity index (χ4v) is 3.69. The summed E-state index contributed by atoms with van der Waals surface area (Å²) in [4.78, 5) is 16.5. The van der Waals surface area contributed by atoms with Crippen LogP contribution in [0.15, 0.2) is 67.0 Å². The van der Waals surface area contributed by atoms with Gasteiger partial charge in [0.1, 0.15) is 0 Å². The minimum absolute atomic E-state index is 0.393. The number of esters is 1. The number of rotatable bonds is 4. The maximum Gasteiger partial charge on any atom is 0.339 e. The van der Waals surface area contributed by atoms with Crippen molar-refractivity contribution in [3.8, 4) is 11.1 Å². The Hall–Kier alpha value is -3.11. The van der Waals surface area contributed by atoms with Gasteiger partial charge in [-0.05, 0) is 35.4 Å². The lowest BCUT2D eigenvalue weighted by Gasteiger charge is -2.12. The number of fused-ring (bicyclic) bond motifs is 1. The standard InChI is InChI=1S/C23H19ClN2O2/c1-26-9-8-17-10-15(11-19(22(17)26)16-6-4-3-5-7-16)12-21-20(23(27)28-2)13-18(24)14-25-21/h3-11,13-14H,12H2,1-2H3. The highest BCUT2D eigenvalue weighted by molar-refractivity contribution is 6.30. The Balaban J connectivity index is 1.84. The zero-order valence-corrected chi connectivity index (χ0v) is 16.4. The number of benzene rings is 2. The first-order chi connectivity index (χ1) is 13.6. The van der Waals surface area contributed by atoms with Gasteiger partial charge in [0.2, 0.25) is 0 Å². The molecule has 2 aromatic heterocycles. The lowest BCUT2D eigenvalue weighted by Crippen LogP contribution is -2.08. The van der Waals surface area contributed by atoms with Crippen molar-refractivity contribution >= 4 is 28.5 Å². The first-order valence-electron chi connectivity index (χ1n) is 8.93. The number of methoxy groups -OCH3 is 1. The van der Waals surface area contributed by atoms with E-state index >= 15 is 0 Å². The van der Waals surface area contributed by atoms with Crippen molar-refractivity contribution in [2.24, 2.45) is 7.05 Å². The fourth-order valence-electron chi connectivity index (χ4n) is 3.53. The van der Waals surface area contributed by atoms with Crippen molar-refractivity contribution in [1.29, 1.82) is 0 Å². The first-order valence-corrected chi connectivity index (χ1v) is 9.30. The van der Waals surface area contributed by atoms with Gasteiger partial charge in [-0.1, -0.05) is 41.9 Å². The van der Waals surface area contributed by atoms with Crippen LogP contribution in [0.2, 0.25) is 5.02 Å². The molecule has 0 aliphatic heterocycles. The van der Waals surface area contributed by atoms with Gasteiger partial charge in [0.25, 0.3) is 0 Å². The van der Waals surface area contributed by atoms with Gasteiger partial charge < -0.3 is 9.30 Å². The number of halogens is 1. The van der Waals surface area contributed by atoms with Crippen LogP contribution in [0.5, 0.6) is 0 Å². The number of pyridine rings is 1. The number of aryl methyl sites for hydroxylation is 1. The molecule has 4 aromatic rings. The minimum Gasteiger partial charge on any atom is -0.465 e. The molecule has 5 heteroatoms. The van der Waals surface area contributed by atoms with Crippen LogP contribution in [0, 0.1) is 0 Å². The maximum atomic E-state index is 12.2. The minimum atomic E-state index is -0.436. The largest absolute Gasteiger partial charge is 0.465 e. The maximum absolute atomic E-state index is 12.2. The van der Waals surface area contributed by atoms with Gasteiger partial charge in [-0.15, -0.1) is 0 Å². The van der Waals surface area contributed by atoms with Gasteiger partial charge in [-0.25, -0.2) is 4.79 Å². The molecule has 0 saturated heterocycles. The van der Waals surface area contributed by atoms with Gasteiger partial charge in [0.15, 0.2) is 0 Å². The first kappa shape index (κ1) is 18.3. The van der Waals surface area contributed by atoms with E-state index < -0.39 is 5.97 Å². The number of carbonyl (C=O) groups is 1. The highest BCUT2D eigenvalue weighted by Gasteiger charge is 2.16. The summed E-state index contributed by atoms with van der Waals surface area (Å²) in [6, 6.07) is 18.3. The lowest BCUT2D eigenvalue weighted by atomic mass is 9.97. The predicted octanol–water partition coefficient (Wildman–Crippen LogP) is 5.27. The van der Waals surface area contributed by atoms with Crippen molar-refractivity contribution in [3.05, 3.63) is 88.8 Å². The normalized spacial score (nSPS) is 11.0. The van der Waals surface area contributed by atoms with Crippen LogP contribution in [0.4, 0.5) is 0 Å². The van der Waals surface area contributed by atoms with E-state index in [0.29, 0.717) is 22.7 Å². The van der Waals surface area contributed by atoms with E-state index in [2.05, 4.69) is 46.1 Å². The van der Waals surface area contributed by atoms with Crippen LogP contribution in [0.3, 0.4) is 0 Å². The molecule has 0 bridgehead atoms. The molecule has 0 atom stereocenters. The smallest absolute Gasteiger partial charge is 0.339 e. The Bertz CT molecular complexity index is 1170. The molecular formula is C23H19ClN2O2. The molecule has 0 fully saturated rings. The van der Waals surface area contributed by atoms with E-state index in [1.54, 1.807) is 12.3 Å². The third kappa shape index (κ3) is 3.39. The molecule has 0 unspecified atom stereocenters. The van der Waals surface area contributed by atoms with E-state index in [9.17, 15) is 4.79 Å².